The van der Waals surface area contributed by atoms with Crippen LogP contribution in [0.2, 0.25) is 0 Å². The minimum absolute atomic E-state index is 0.595. The van der Waals surface area contributed by atoms with Crippen LogP contribution >= 0.6 is 0 Å². The third-order valence-corrected chi connectivity index (χ3v) is 3.74. The largest absolute Gasteiger partial charge is 0.497 e. The average Bonchev–Trinajstić information content (AvgIpc) is 3.18. The summed E-state index contributed by atoms with van der Waals surface area (Å²) in [5.74, 6) is 2.06. The molecule has 0 bridgehead atoms. The second-order valence-electron chi connectivity index (χ2n) is 5.48. The molecule has 9 heteroatoms. The Morgan fingerprint density at radius 2 is 1.88 bits per heavy atom. The second kappa shape index (κ2) is 5.86. The van der Waals surface area contributed by atoms with Gasteiger partial charge in [-0.05, 0) is 38.1 Å². The molecular weight excluding hydrogens is 320 g/mol. The van der Waals surface area contributed by atoms with Gasteiger partial charge in [-0.15, -0.1) is 10.2 Å². The van der Waals surface area contributed by atoms with Gasteiger partial charge < -0.3 is 4.74 Å². The highest BCUT2D eigenvalue weighted by molar-refractivity contribution is 5.61. The Bertz CT molecular complexity index is 1030. The van der Waals surface area contributed by atoms with E-state index in [9.17, 15) is 0 Å². The van der Waals surface area contributed by atoms with E-state index in [1.165, 1.54) is 4.91 Å². The van der Waals surface area contributed by atoms with E-state index >= 15 is 0 Å². The maximum Gasteiger partial charge on any atom is 0.237 e. The molecule has 126 valence electrons. The molecule has 4 rings (SSSR count). The van der Waals surface area contributed by atoms with E-state index in [2.05, 4.69) is 30.6 Å². The highest BCUT2D eigenvalue weighted by Crippen LogP contribution is 2.21. The number of methoxy groups -OCH3 is 1. The zero-order chi connectivity index (χ0) is 17.4. The van der Waals surface area contributed by atoms with Crippen molar-refractivity contribution in [1.82, 2.24) is 34.5 Å². The van der Waals surface area contributed by atoms with Crippen molar-refractivity contribution in [3.63, 3.8) is 0 Å². The summed E-state index contributed by atoms with van der Waals surface area (Å²) in [5, 5.41) is 8.73. The molecular formula is C16H16N8O. The van der Waals surface area contributed by atoms with Gasteiger partial charge >= 0.3 is 0 Å². The first-order valence-electron chi connectivity index (χ1n) is 7.66. The van der Waals surface area contributed by atoms with Crippen LogP contribution in [0.1, 0.15) is 11.5 Å². The zero-order valence-corrected chi connectivity index (χ0v) is 14.0. The molecule has 0 amide bonds. The Labute approximate surface area is 143 Å². The second-order valence-corrected chi connectivity index (χ2v) is 5.48. The van der Waals surface area contributed by atoms with Gasteiger partial charge in [0.05, 0.1) is 24.7 Å². The summed E-state index contributed by atoms with van der Waals surface area (Å²) in [7, 11) is 1.63. The van der Waals surface area contributed by atoms with Crippen molar-refractivity contribution in [2.45, 2.75) is 13.8 Å². The summed E-state index contributed by atoms with van der Waals surface area (Å²) in [6.07, 6.45) is 3.37. The van der Waals surface area contributed by atoms with Gasteiger partial charge in [-0.1, -0.05) is 4.91 Å². The van der Waals surface area contributed by atoms with Gasteiger partial charge in [0.2, 0.25) is 5.78 Å². The van der Waals surface area contributed by atoms with Gasteiger partial charge in [-0.2, -0.15) is 4.98 Å². The Kier molecular flexibility index (Phi) is 3.53. The van der Waals surface area contributed by atoms with E-state index < -0.39 is 0 Å². The van der Waals surface area contributed by atoms with Gasteiger partial charge in [0, 0.05) is 0 Å². The maximum atomic E-state index is 5.15. The molecule has 25 heavy (non-hydrogen) atoms. The molecule has 0 saturated heterocycles. The van der Waals surface area contributed by atoms with Crippen LogP contribution in [0.15, 0.2) is 36.8 Å². The quantitative estimate of drug-likeness (QED) is 0.608. The predicted octanol–water partition coefficient (Wildman–Crippen LogP) is 1.88. The van der Waals surface area contributed by atoms with Gasteiger partial charge in [-0.25, -0.2) is 9.97 Å². The molecule has 0 aliphatic heterocycles. The van der Waals surface area contributed by atoms with E-state index in [1.54, 1.807) is 19.6 Å². The molecule has 3 heterocycles. The number of benzene rings is 1. The van der Waals surface area contributed by atoms with Crippen molar-refractivity contribution in [3.05, 3.63) is 48.3 Å². The molecule has 1 aromatic carbocycles. The maximum absolute atomic E-state index is 5.15. The third-order valence-electron chi connectivity index (χ3n) is 3.74. The topological polar surface area (TPSA) is 95.0 Å². The van der Waals surface area contributed by atoms with Crippen LogP contribution in [0, 0.1) is 13.8 Å². The van der Waals surface area contributed by atoms with Crippen LogP contribution in [0.5, 0.6) is 5.75 Å². The van der Waals surface area contributed by atoms with Gasteiger partial charge in [0.1, 0.15) is 29.3 Å². The SMILES string of the molecule is COc1ccc(Nn2ncc(-c3c(C)nc4nc(C)ncn34)n2)cc1. The lowest BCUT2D eigenvalue weighted by molar-refractivity contribution is 0.415. The first-order chi connectivity index (χ1) is 12.1. The summed E-state index contributed by atoms with van der Waals surface area (Å²) in [6.45, 7) is 3.74. The molecule has 0 spiro atoms. The molecule has 0 saturated carbocycles. The van der Waals surface area contributed by atoms with E-state index in [1.807, 2.05) is 42.5 Å². The van der Waals surface area contributed by atoms with Crippen LogP contribution in [0.3, 0.4) is 0 Å². The summed E-state index contributed by atoms with van der Waals surface area (Å²) < 4.78 is 6.96. The van der Waals surface area contributed by atoms with Crippen LogP contribution in [0.25, 0.3) is 17.2 Å². The number of nitrogens with zero attached hydrogens (tertiary/aromatic N) is 7. The minimum atomic E-state index is 0.595. The lowest BCUT2D eigenvalue weighted by Gasteiger charge is -2.05. The van der Waals surface area contributed by atoms with Gasteiger partial charge in [-0.3, -0.25) is 9.83 Å². The van der Waals surface area contributed by atoms with Crippen LogP contribution in [0.4, 0.5) is 5.69 Å². The number of rotatable bonds is 4. The number of ether oxygens (including phenoxy) is 1. The third kappa shape index (κ3) is 2.75. The average molecular weight is 336 g/mol. The highest BCUT2D eigenvalue weighted by Gasteiger charge is 2.15. The number of hydrogen-bond acceptors (Lipinski definition) is 7. The summed E-state index contributed by atoms with van der Waals surface area (Å²) >= 11 is 0. The van der Waals surface area contributed by atoms with Crippen molar-refractivity contribution in [3.8, 4) is 17.1 Å². The number of aromatic nitrogens is 7. The Hall–Kier alpha value is -3.49. The molecule has 4 aromatic rings. The molecule has 0 aliphatic rings. The molecule has 1 N–H and O–H groups in total. The van der Waals surface area contributed by atoms with Crippen LogP contribution < -0.4 is 10.2 Å². The molecule has 3 aromatic heterocycles. The zero-order valence-electron chi connectivity index (χ0n) is 14.0. The van der Waals surface area contributed by atoms with Crippen molar-refractivity contribution < 1.29 is 4.74 Å². The molecule has 0 fully saturated rings. The number of nitrogens with one attached hydrogen (secondary N) is 1. The fourth-order valence-corrected chi connectivity index (χ4v) is 2.55. The monoisotopic (exact) mass is 336 g/mol. The Balaban J connectivity index is 1.66. The lowest BCUT2D eigenvalue weighted by atomic mass is 10.3. The van der Waals surface area contributed by atoms with Crippen molar-refractivity contribution in [1.29, 1.82) is 0 Å². The standard InChI is InChI=1S/C16H16N8O/c1-10-15(23-9-17-11(2)20-16(23)19-10)14-8-18-24(22-14)21-12-4-6-13(25-3)7-5-12/h4-9,21H,1-3H3. The van der Waals surface area contributed by atoms with E-state index in [4.69, 9.17) is 4.74 Å². The molecule has 0 unspecified atom stereocenters. The van der Waals surface area contributed by atoms with Crippen molar-refractivity contribution in [2.24, 2.45) is 0 Å². The molecule has 0 radical (unpaired) electrons. The summed E-state index contributed by atoms with van der Waals surface area (Å²) in [4.78, 5) is 14.4. The summed E-state index contributed by atoms with van der Waals surface area (Å²) in [6, 6.07) is 7.50. The fraction of sp³-hybridized carbons (Fsp3) is 0.188. The summed E-state index contributed by atoms with van der Waals surface area (Å²) in [5.41, 5.74) is 6.25. The molecule has 9 nitrogen and oxygen atoms in total. The fourth-order valence-electron chi connectivity index (χ4n) is 2.55. The smallest absolute Gasteiger partial charge is 0.237 e. The number of imidazole rings is 1. The van der Waals surface area contributed by atoms with E-state index in [-0.39, 0.29) is 0 Å². The van der Waals surface area contributed by atoms with E-state index in [0.29, 0.717) is 17.3 Å². The number of aryl methyl sites for hydroxylation is 2. The predicted molar refractivity (Wildman–Crippen MR) is 91.3 cm³/mol. The van der Waals surface area contributed by atoms with Crippen molar-refractivity contribution >= 4 is 11.5 Å². The lowest BCUT2D eigenvalue weighted by Crippen LogP contribution is -2.12. The minimum Gasteiger partial charge on any atom is -0.497 e. The van der Waals surface area contributed by atoms with Gasteiger partial charge in [0.25, 0.3) is 0 Å². The Morgan fingerprint density at radius 3 is 2.64 bits per heavy atom. The van der Waals surface area contributed by atoms with Crippen molar-refractivity contribution in [2.75, 3.05) is 12.5 Å². The first kappa shape index (κ1) is 15.1. The Morgan fingerprint density at radius 1 is 1.08 bits per heavy atom. The number of fused-ring (bicyclic) bond motifs is 1. The number of hydrogen-bond donors (Lipinski definition) is 1. The van der Waals surface area contributed by atoms with Crippen LogP contribution in [-0.4, -0.2) is 41.6 Å². The molecule has 0 atom stereocenters. The molecule has 0 aliphatic carbocycles. The highest BCUT2D eigenvalue weighted by atomic mass is 16.5. The normalized spacial score (nSPS) is 11.0. The first-order valence-corrected chi connectivity index (χ1v) is 7.66. The van der Waals surface area contributed by atoms with E-state index in [0.717, 1.165) is 22.8 Å². The van der Waals surface area contributed by atoms with Crippen LogP contribution in [-0.2, 0) is 0 Å². The van der Waals surface area contributed by atoms with Gasteiger partial charge in [0.15, 0.2) is 0 Å². The number of anilines is 1.